The fourth-order valence-corrected chi connectivity index (χ4v) is 4.43. The van der Waals surface area contributed by atoms with Crippen LogP contribution in [-0.2, 0) is 16.6 Å². The molecule has 0 spiro atoms. The molecule has 0 atom stereocenters. The van der Waals surface area contributed by atoms with E-state index in [9.17, 15) is 8.42 Å². The van der Waals surface area contributed by atoms with E-state index in [-0.39, 0.29) is 12.4 Å². The maximum Gasteiger partial charge on any atom is 0.243 e. The van der Waals surface area contributed by atoms with Gasteiger partial charge in [-0.1, -0.05) is 41.9 Å². The summed E-state index contributed by atoms with van der Waals surface area (Å²) < 4.78 is 26.8. The fourth-order valence-electron chi connectivity index (χ4n) is 2.86. The van der Waals surface area contributed by atoms with Crippen LogP contribution < -0.4 is 17.3 Å². The molecule has 1 heterocycles. The van der Waals surface area contributed by atoms with Crippen molar-refractivity contribution in [3.05, 3.63) is 65.2 Å². The van der Waals surface area contributed by atoms with Crippen LogP contribution in [0.4, 0.5) is 0 Å². The van der Waals surface area contributed by atoms with E-state index in [1.54, 1.807) is 28.6 Å². The maximum absolute atomic E-state index is 12.6. The van der Waals surface area contributed by atoms with Gasteiger partial charge in [0, 0.05) is 10.6 Å². The first-order valence-electron chi connectivity index (χ1n) is 7.69. The van der Waals surface area contributed by atoms with Crippen LogP contribution in [-0.4, -0.2) is 38.9 Å². The molecule has 1 aliphatic heterocycles. The molecule has 2 aromatic rings. The van der Waals surface area contributed by atoms with Crippen LogP contribution in [0.3, 0.4) is 0 Å². The van der Waals surface area contributed by atoms with Crippen LogP contribution in [0.25, 0.3) is 0 Å². The van der Waals surface area contributed by atoms with Gasteiger partial charge in [0.25, 0.3) is 0 Å². The van der Waals surface area contributed by atoms with Crippen molar-refractivity contribution >= 4 is 21.6 Å². The van der Waals surface area contributed by atoms with Crippen LogP contribution in [0.2, 0.25) is 5.02 Å². The zero-order valence-electron chi connectivity index (χ0n) is 13.2. The number of sulfonamides is 1. The van der Waals surface area contributed by atoms with Crippen molar-refractivity contribution in [2.24, 2.45) is 0 Å². The summed E-state index contributed by atoms with van der Waals surface area (Å²) in [5.41, 5.74) is 1.29. The number of hydrogen-bond donors (Lipinski definition) is 1. The van der Waals surface area contributed by atoms with E-state index in [0.717, 1.165) is 19.6 Å². The maximum atomic E-state index is 12.6. The Hall–Kier alpha value is -1.11. The first kappa shape index (κ1) is 19.2. The molecule has 0 unspecified atom stereocenters. The third kappa shape index (κ3) is 4.49. The Morgan fingerprint density at radius 2 is 1.54 bits per heavy atom. The molecule has 130 valence electrons. The zero-order valence-corrected chi connectivity index (χ0v) is 15.5. The summed E-state index contributed by atoms with van der Waals surface area (Å²) in [5.74, 6) is 0. The molecular formula is C17H20Cl2N2O2S. The number of halogens is 2. The lowest BCUT2D eigenvalue weighted by Crippen LogP contribution is -3.13. The van der Waals surface area contributed by atoms with Crippen molar-refractivity contribution in [3.63, 3.8) is 0 Å². The molecule has 3 rings (SSSR count). The third-order valence-electron chi connectivity index (χ3n) is 4.18. The number of rotatable bonds is 4. The van der Waals surface area contributed by atoms with Gasteiger partial charge < -0.3 is 17.3 Å². The van der Waals surface area contributed by atoms with E-state index in [2.05, 4.69) is 12.1 Å². The largest absolute Gasteiger partial charge is 1.00 e. The lowest BCUT2D eigenvalue weighted by atomic mass is 10.2. The second-order valence-electron chi connectivity index (χ2n) is 5.77. The first-order chi connectivity index (χ1) is 11.1. The minimum Gasteiger partial charge on any atom is -1.00 e. The fraction of sp³-hybridized carbons (Fsp3) is 0.294. The van der Waals surface area contributed by atoms with E-state index >= 15 is 0 Å². The van der Waals surface area contributed by atoms with E-state index in [4.69, 9.17) is 11.6 Å². The number of hydrogen-bond acceptors (Lipinski definition) is 2. The Balaban J connectivity index is 0.00000208. The van der Waals surface area contributed by atoms with Crippen LogP contribution in [0.5, 0.6) is 0 Å². The molecule has 0 amide bonds. The summed E-state index contributed by atoms with van der Waals surface area (Å²) in [5, 5.41) is 0.543. The summed E-state index contributed by atoms with van der Waals surface area (Å²) in [6.45, 7) is 3.68. The highest BCUT2D eigenvalue weighted by Gasteiger charge is 2.30. The van der Waals surface area contributed by atoms with E-state index in [0.29, 0.717) is 23.0 Å². The van der Waals surface area contributed by atoms with Gasteiger partial charge >= 0.3 is 0 Å². The van der Waals surface area contributed by atoms with Gasteiger partial charge in [0.2, 0.25) is 10.0 Å². The molecule has 0 aliphatic carbocycles. The molecular weight excluding hydrogens is 367 g/mol. The average molecular weight is 387 g/mol. The predicted molar refractivity (Wildman–Crippen MR) is 91.1 cm³/mol. The van der Waals surface area contributed by atoms with Crippen molar-refractivity contribution in [3.8, 4) is 0 Å². The van der Waals surface area contributed by atoms with Crippen LogP contribution >= 0.6 is 11.6 Å². The highest BCUT2D eigenvalue weighted by molar-refractivity contribution is 7.89. The Labute approximate surface area is 154 Å². The molecule has 2 aromatic carbocycles. The standard InChI is InChI=1S/C17H19ClN2O2S.ClH/c18-16-6-8-17(9-7-16)23(21,22)20-12-10-19(11-13-20)14-15-4-2-1-3-5-15;/h1-9H,10-14H2;1H. The van der Waals surface area contributed by atoms with Crippen molar-refractivity contribution in [1.29, 1.82) is 0 Å². The van der Waals surface area contributed by atoms with Crippen molar-refractivity contribution in [2.75, 3.05) is 26.2 Å². The summed E-state index contributed by atoms with van der Waals surface area (Å²) in [7, 11) is -3.41. The average Bonchev–Trinajstić information content (AvgIpc) is 2.57. The summed E-state index contributed by atoms with van der Waals surface area (Å²) in [6, 6.07) is 16.7. The Bertz CT molecular complexity index is 744. The van der Waals surface area contributed by atoms with Gasteiger partial charge in [-0.2, -0.15) is 4.31 Å². The molecule has 0 saturated carbocycles. The SMILES string of the molecule is O=S(=O)(c1ccc(Cl)cc1)N1CC[NH+](Cc2ccccc2)CC1.[Cl-]. The van der Waals surface area contributed by atoms with Crippen molar-refractivity contribution < 1.29 is 25.7 Å². The molecule has 24 heavy (non-hydrogen) atoms. The van der Waals surface area contributed by atoms with Crippen LogP contribution in [0.15, 0.2) is 59.5 Å². The molecule has 1 fully saturated rings. The van der Waals surface area contributed by atoms with Crippen molar-refractivity contribution in [1.82, 2.24) is 4.31 Å². The summed E-state index contributed by atoms with van der Waals surface area (Å²) >= 11 is 5.83. The Morgan fingerprint density at radius 3 is 2.12 bits per heavy atom. The van der Waals surface area contributed by atoms with E-state index in [1.807, 2.05) is 18.2 Å². The Morgan fingerprint density at radius 1 is 0.958 bits per heavy atom. The number of quaternary nitrogens is 1. The molecule has 7 heteroatoms. The minimum atomic E-state index is -3.41. The highest BCUT2D eigenvalue weighted by atomic mass is 35.5. The molecule has 1 aliphatic rings. The minimum absolute atomic E-state index is 0. The van der Waals surface area contributed by atoms with Gasteiger partial charge in [-0.3, -0.25) is 0 Å². The molecule has 0 radical (unpaired) electrons. The van der Waals surface area contributed by atoms with E-state index in [1.165, 1.54) is 10.5 Å². The molecule has 1 saturated heterocycles. The number of benzene rings is 2. The molecule has 0 bridgehead atoms. The molecule has 1 N–H and O–H groups in total. The van der Waals surface area contributed by atoms with E-state index < -0.39 is 10.0 Å². The van der Waals surface area contributed by atoms with Gasteiger partial charge in [-0.15, -0.1) is 0 Å². The van der Waals surface area contributed by atoms with Gasteiger partial charge in [0.1, 0.15) is 6.54 Å². The van der Waals surface area contributed by atoms with Gasteiger partial charge in [-0.05, 0) is 24.3 Å². The number of piperazine rings is 1. The number of nitrogens with zero attached hydrogens (tertiary/aromatic N) is 1. The quantitative estimate of drug-likeness (QED) is 0.689. The normalized spacial score (nSPS) is 16.5. The lowest BCUT2D eigenvalue weighted by molar-refractivity contribution is -0.917. The third-order valence-corrected chi connectivity index (χ3v) is 6.34. The van der Waals surface area contributed by atoms with Crippen molar-refractivity contribution in [2.45, 2.75) is 11.4 Å². The Kier molecular flexibility index (Phi) is 6.66. The van der Waals surface area contributed by atoms with Gasteiger partial charge in [0.15, 0.2) is 0 Å². The van der Waals surface area contributed by atoms with Gasteiger partial charge in [0.05, 0.1) is 31.1 Å². The topological polar surface area (TPSA) is 41.8 Å². The van der Waals surface area contributed by atoms with Crippen LogP contribution in [0.1, 0.15) is 5.56 Å². The monoisotopic (exact) mass is 386 g/mol. The zero-order chi connectivity index (χ0) is 16.3. The smallest absolute Gasteiger partial charge is 0.243 e. The summed E-state index contributed by atoms with van der Waals surface area (Å²) in [4.78, 5) is 1.73. The molecule has 0 aromatic heterocycles. The summed E-state index contributed by atoms with van der Waals surface area (Å²) in [6.07, 6.45) is 0. The predicted octanol–water partition coefficient (Wildman–Crippen LogP) is -1.57. The lowest BCUT2D eigenvalue weighted by Gasteiger charge is -2.31. The van der Waals surface area contributed by atoms with Crippen LogP contribution in [0, 0.1) is 0 Å². The second kappa shape index (κ2) is 8.32. The van der Waals surface area contributed by atoms with Gasteiger partial charge in [-0.25, -0.2) is 8.42 Å². The first-order valence-corrected chi connectivity index (χ1v) is 9.51. The highest BCUT2D eigenvalue weighted by Crippen LogP contribution is 2.18. The number of nitrogens with one attached hydrogen (secondary N) is 1. The molecule has 4 nitrogen and oxygen atoms in total. The second-order valence-corrected chi connectivity index (χ2v) is 8.14.